The van der Waals surface area contributed by atoms with Gasteiger partial charge in [0, 0.05) is 19.0 Å². The van der Waals surface area contributed by atoms with Crippen molar-refractivity contribution in [1.29, 1.82) is 0 Å². The van der Waals surface area contributed by atoms with E-state index in [2.05, 4.69) is 46.2 Å². The Bertz CT molecular complexity index is 641. The Morgan fingerprint density at radius 1 is 1.33 bits per heavy atom. The molecule has 5 heteroatoms. The Balaban J connectivity index is 1.74. The maximum absolute atomic E-state index is 9.51. The highest BCUT2D eigenvalue weighted by Crippen LogP contribution is 2.34. The zero-order chi connectivity index (χ0) is 16.8. The molecule has 0 spiro atoms. The molecule has 0 saturated heterocycles. The molecular formula is C19H27N3O2. The predicted molar refractivity (Wildman–Crippen MR) is 92.5 cm³/mol. The van der Waals surface area contributed by atoms with E-state index >= 15 is 0 Å². The quantitative estimate of drug-likeness (QED) is 0.805. The van der Waals surface area contributed by atoms with Crippen LogP contribution in [0.2, 0.25) is 0 Å². The number of aryl methyl sites for hydroxylation is 2. The number of unbranched alkanes of at least 4 members (excludes halogenated alkanes) is 1. The fourth-order valence-electron chi connectivity index (χ4n) is 3.55. The molecule has 0 aliphatic heterocycles. The van der Waals surface area contributed by atoms with Crippen LogP contribution in [0.5, 0.6) is 0 Å². The van der Waals surface area contributed by atoms with Crippen LogP contribution in [0.25, 0.3) is 0 Å². The maximum atomic E-state index is 9.51. The minimum atomic E-state index is 0.134. The van der Waals surface area contributed by atoms with E-state index in [1.54, 1.807) is 0 Å². The van der Waals surface area contributed by atoms with Crippen molar-refractivity contribution in [2.24, 2.45) is 0 Å². The zero-order valence-electron chi connectivity index (χ0n) is 14.4. The first kappa shape index (κ1) is 17.1. The van der Waals surface area contributed by atoms with Gasteiger partial charge in [0.05, 0.1) is 13.2 Å². The van der Waals surface area contributed by atoms with Crippen molar-refractivity contribution in [2.45, 2.75) is 58.0 Å². The summed E-state index contributed by atoms with van der Waals surface area (Å²) in [5, 5.41) is 13.6. The van der Waals surface area contributed by atoms with Crippen LogP contribution in [0.1, 0.15) is 61.5 Å². The molecule has 1 aromatic heterocycles. The molecular weight excluding hydrogens is 302 g/mol. The Labute approximate surface area is 143 Å². The van der Waals surface area contributed by atoms with E-state index in [0.717, 1.165) is 37.9 Å². The molecule has 0 radical (unpaired) electrons. The van der Waals surface area contributed by atoms with Crippen molar-refractivity contribution in [3.05, 3.63) is 47.1 Å². The van der Waals surface area contributed by atoms with Crippen LogP contribution in [-0.4, -0.2) is 33.3 Å². The number of aromatic nitrogens is 2. The van der Waals surface area contributed by atoms with Crippen molar-refractivity contribution in [3.63, 3.8) is 0 Å². The fraction of sp³-hybridized carbons (Fsp3) is 0.579. The largest absolute Gasteiger partial charge is 0.395 e. The molecule has 1 aliphatic carbocycles. The van der Waals surface area contributed by atoms with Gasteiger partial charge in [-0.25, -0.2) is 0 Å². The first-order valence-corrected chi connectivity index (χ1v) is 9.06. The van der Waals surface area contributed by atoms with Crippen LogP contribution in [0.4, 0.5) is 0 Å². The lowest BCUT2D eigenvalue weighted by Gasteiger charge is -2.34. The second kappa shape index (κ2) is 8.40. The molecule has 5 nitrogen and oxygen atoms in total. The Morgan fingerprint density at radius 3 is 3.04 bits per heavy atom. The van der Waals surface area contributed by atoms with Crippen LogP contribution < -0.4 is 0 Å². The van der Waals surface area contributed by atoms with Gasteiger partial charge in [0.1, 0.15) is 0 Å². The van der Waals surface area contributed by atoms with E-state index < -0.39 is 0 Å². The van der Waals surface area contributed by atoms with Crippen LogP contribution >= 0.6 is 0 Å². The van der Waals surface area contributed by atoms with Gasteiger partial charge in [-0.05, 0) is 36.8 Å². The lowest BCUT2D eigenvalue weighted by atomic mass is 9.87. The summed E-state index contributed by atoms with van der Waals surface area (Å²) in [7, 11) is 0. The Kier molecular flexibility index (Phi) is 5.99. The molecule has 3 rings (SSSR count). The fourth-order valence-corrected chi connectivity index (χ4v) is 3.55. The topological polar surface area (TPSA) is 62.4 Å². The van der Waals surface area contributed by atoms with E-state index in [1.807, 2.05) is 0 Å². The molecule has 2 aromatic rings. The molecule has 1 N–H and O–H groups in total. The SMILES string of the molecule is CCCCc1noc(CN(CCO)C2CCCc3ccccc32)n1. The second-order valence-electron chi connectivity index (χ2n) is 6.51. The minimum Gasteiger partial charge on any atom is -0.395 e. The van der Waals surface area contributed by atoms with Gasteiger partial charge in [-0.3, -0.25) is 4.90 Å². The highest BCUT2D eigenvalue weighted by atomic mass is 16.5. The molecule has 130 valence electrons. The van der Waals surface area contributed by atoms with Gasteiger partial charge in [0.2, 0.25) is 5.89 Å². The zero-order valence-corrected chi connectivity index (χ0v) is 14.4. The molecule has 0 saturated carbocycles. The molecule has 0 bridgehead atoms. The molecule has 1 atom stereocenters. The number of fused-ring (bicyclic) bond motifs is 1. The van der Waals surface area contributed by atoms with Crippen molar-refractivity contribution in [2.75, 3.05) is 13.2 Å². The van der Waals surface area contributed by atoms with Gasteiger partial charge >= 0.3 is 0 Å². The monoisotopic (exact) mass is 329 g/mol. The Hall–Kier alpha value is -1.72. The van der Waals surface area contributed by atoms with E-state index in [-0.39, 0.29) is 6.61 Å². The van der Waals surface area contributed by atoms with Crippen molar-refractivity contribution >= 4 is 0 Å². The molecule has 1 heterocycles. The molecule has 0 amide bonds. The second-order valence-corrected chi connectivity index (χ2v) is 6.51. The molecule has 1 aromatic carbocycles. The standard InChI is InChI=1S/C19H27N3O2/c1-2-3-11-18-20-19(24-21-18)14-22(12-13-23)17-10-6-8-15-7-4-5-9-16(15)17/h4-5,7,9,17,23H,2-3,6,8,10-14H2,1H3. The summed E-state index contributed by atoms with van der Waals surface area (Å²) in [6.07, 6.45) is 6.49. The Morgan fingerprint density at radius 2 is 2.21 bits per heavy atom. The summed E-state index contributed by atoms with van der Waals surface area (Å²) in [4.78, 5) is 6.79. The third-order valence-corrected chi connectivity index (χ3v) is 4.77. The number of benzene rings is 1. The normalized spacial score (nSPS) is 17.2. The van der Waals surface area contributed by atoms with Crippen LogP contribution in [0.15, 0.2) is 28.8 Å². The van der Waals surface area contributed by atoms with Crippen molar-refractivity contribution < 1.29 is 9.63 Å². The lowest BCUT2D eigenvalue weighted by molar-refractivity contribution is 0.118. The summed E-state index contributed by atoms with van der Waals surface area (Å²) >= 11 is 0. The average molecular weight is 329 g/mol. The van der Waals surface area contributed by atoms with Gasteiger partial charge < -0.3 is 9.63 Å². The molecule has 24 heavy (non-hydrogen) atoms. The average Bonchev–Trinajstić information content (AvgIpc) is 3.06. The first-order valence-electron chi connectivity index (χ1n) is 9.06. The summed E-state index contributed by atoms with van der Waals surface area (Å²) in [6, 6.07) is 8.95. The third-order valence-electron chi connectivity index (χ3n) is 4.77. The number of hydrogen-bond acceptors (Lipinski definition) is 5. The summed E-state index contributed by atoms with van der Waals surface area (Å²) in [6.45, 7) is 3.50. The number of nitrogens with zero attached hydrogens (tertiary/aromatic N) is 3. The van der Waals surface area contributed by atoms with E-state index in [1.165, 1.54) is 17.5 Å². The number of hydrogen-bond donors (Lipinski definition) is 1. The van der Waals surface area contributed by atoms with Gasteiger partial charge in [0.25, 0.3) is 0 Å². The molecule has 1 aliphatic rings. The van der Waals surface area contributed by atoms with Gasteiger partial charge in [0.15, 0.2) is 5.82 Å². The van der Waals surface area contributed by atoms with Crippen LogP contribution in [0, 0.1) is 0 Å². The summed E-state index contributed by atoms with van der Waals surface area (Å²) in [5.74, 6) is 1.44. The van der Waals surface area contributed by atoms with Crippen molar-refractivity contribution in [3.8, 4) is 0 Å². The lowest BCUT2D eigenvalue weighted by Crippen LogP contribution is -2.33. The van der Waals surface area contributed by atoms with E-state index in [9.17, 15) is 5.11 Å². The van der Waals surface area contributed by atoms with E-state index in [0.29, 0.717) is 25.0 Å². The van der Waals surface area contributed by atoms with E-state index in [4.69, 9.17) is 4.52 Å². The predicted octanol–water partition coefficient (Wildman–Crippen LogP) is 3.28. The summed E-state index contributed by atoms with van der Waals surface area (Å²) < 4.78 is 5.43. The highest BCUT2D eigenvalue weighted by molar-refractivity contribution is 5.32. The number of aliphatic hydroxyl groups is 1. The van der Waals surface area contributed by atoms with Crippen molar-refractivity contribution in [1.82, 2.24) is 15.0 Å². The minimum absolute atomic E-state index is 0.134. The highest BCUT2D eigenvalue weighted by Gasteiger charge is 2.26. The van der Waals surface area contributed by atoms with Gasteiger partial charge in [-0.15, -0.1) is 0 Å². The number of rotatable bonds is 8. The first-order chi connectivity index (χ1) is 11.8. The smallest absolute Gasteiger partial charge is 0.240 e. The van der Waals surface area contributed by atoms with Gasteiger partial charge in [-0.2, -0.15) is 4.98 Å². The number of aliphatic hydroxyl groups excluding tert-OH is 1. The van der Waals surface area contributed by atoms with Crippen LogP contribution in [-0.2, 0) is 19.4 Å². The van der Waals surface area contributed by atoms with Gasteiger partial charge in [-0.1, -0.05) is 42.8 Å². The molecule has 0 fully saturated rings. The maximum Gasteiger partial charge on any atom is 0.240 e. The molecule has 1 unspecified atom stereocenters. The summed E-state index contributed by atoms with van der Waals surface area (Å²) in [5.41, 5.74) is 2.80. The third kappa shape index (κ3) is 4.02. The van der Waals surface area contributed by atoms with Crippen LogP contribution in [0.3, 0.4) is 0 Å².